The third kappa shape index (κ3) is 4.88. The number of nitrogens with zero attached hydrogens (tertiary/aromatic N) is 2. The van der Waals surface area contributed by atoms with E-state index in [0.29, 0.717) is 5.69 Å². The molecular formula is C20H25N3O6S. The van der Waals surface area contributed by atoms with Crippen LogP contribution in [0.15, 0.2) is 36.4 Å². The van der Waals surface area contributed by atoms with Gasteiger partial charge in [-0.05, 0) is 43.5 Å². The van der Waals surface area contributed by atoms with Gasteiger partial charge in [0.15, 0.2) is 0 Å². The van der Waals surface area contributed by atoms with Gasteiger partial charge in [0.1, 0.15) is 17.5 Å². The average molecular weight is 436 g/mol. The number of ether oxygens (including phenoxy) is 1. The lowest BCUT2D eigenvalue weighted by molar-refractivity contribution is -0.384. The summed E-state index contributed by atoms with van der Waals surface area (Å²) in [5.74, 6) is -0.450. The van der Waals surface area contributed by atoms with Crippen LogP contribution in [-0.4, -0.2) is 38.7 Å². The normalized spacial score (nSPS) is 12.2. The van der Waals surface area contributed by atoms with Crippen molar-refractivity contribution in [1.82, 2.24) is 0 Å². The number of carbonyl (C=O) groups excluding carboxylic acids is 1. The molecule has 162 valence electrons. The Kier molecular flexibility index (Phi) is 7.04. The van der Waals surface area contributed by atoms with Crippen molar-refractivity contribution < 1.29 is 22.9 Å². The number of aryl methyl sites for hydroxylation is 1. The smallest absolute Gasteiger partial charge is 0.271 e. The molecule has 0 aromatic heterocycles. The Bertz CT molecular complexity index is 1070. The van der Waals surface area contributed by atoms with Gasteiger partial charge in [0, 0.05) is 17.8 Å². The molecule has 0 aliphatic rings. The standard InChI is InChI=1S/C20H25N3O6S/c1-6-17(20(24)21-16-9-7-8-13(2)14(16)3)22(30(5,27)28)18-12-15(23(25)26)10-11-19(18)29-4/h7-12,17H,6H2,1-5H3,(H,21,24). The topological polar surface area (TPSA) is 119 Å². The fourth-order valence-corrected chi connectivity index (χ4v) is 4.31. The van der Waals surface area contributed by atoms with Gasteiger partial charge in [-0.2, -0.15) is 0 Å². The highest BCUT2D eigenvalue weighted by atomic mass is 32.2. The number of non-ortho nitro benzene ring substituents is 1. The number of hydrogen-bond acceptors (Lipinski definition) is 6. The summed E-state index contributed by atoms with van der Waals surface area (Å²) in [4.78, 5) is 23.7. The predicted molar refractivity (Wildman–Crippen MR) is 116 cm³/mol. The van der Waals surface area contributed by atoms with Gasteiger partial charge < -0.3 is 10.1 Å². The summed E-state index contributed by atoms with van der Waals surface area (Å²) in [5, 5.41) is 14.0. The van der Waals surface area contributed by atoms with E-state index < -0.39 is 26.9 Å². The highest BCUT2D eigenvalue weighted by Gasteiger charge is 2.34. The molecule has 1 unspecified atom stereocenters. The number of anilines is 2. The van der Waals surface area contributed by atoms with Gasteiger partial charge in [0.05, 0.1) is 18.3 Å². The lowest BCUT2D eigenvalue weighted by Gasteiger charge is -2.31. The van der Waals surface area contributed by atoms with Crippen molar-refractivity contribution in [2.24, 2.45) is 0 Å². The summed E-state index contributed by atoms with van der Waals surface area (Å²) in [6, 6.07) is 7.88. The minimum absolute atomic E-state index is 0.0721. The van der Waals surface area contributed by atoms with Crippen LogP contribution in [0.2, 0.25) is 0 Å². The van der Waals surface area contributed by atoms with Gasteiger partial charge in [0.2, 0.25) is 15.9 Å². The second-order valence-electron chi connectivity index (χ2n) is 6.83. The van der Waals surface area contributed by atoms with Crippen molar-refractivity contribution in [3.05, 3.63) is 57.6 Å². The minimum atomic E-state index is -3.99. The molecule has 0 saturated heterocycles. The van der Waals surface area contributed by atoms with Crippen molar-refractivity contribution in [2.75, 3.05) is 23.0 Å². The quantitative estimate of drug-likeness (QED) is 0.501. The van der Waals surface area contributed by atoms with Gasteiger partial charge in [-0.25, -0.2) is 8.42 Å². The molecule has 0 fully saturated rings. The Morgan fingerprint density at radius 1 is 1.27 bits per heavy atom. The average Bonchev–Trinajstić information content (AvgIpc) is 2.67. The third-order valence-electron chi connectivity index (χ3n) is 4.80. The number of nitro groups is 1. The largest absolute Gasteiger partial charge is 0.495 e. The van der Waals surface area contributed by atoms with Crippen molar-refractivity contribution in [3.63, 3.8) is 0 Å². The molecule has 30 heavy (non-hydrogen) atoms. The fourth-order valence-electron chi connectivity index (χ4n) is 3.10. The number of rotatable bonds is 8. The molecule has 0 radical (unpaired) electrons. The molecular weight excluding hydrogens is 410 g/mol. The van der Waals surface area contributed by atoms with Gasteiger partial charge in [-0.1, -0.05) is 19.1 Å². The first-order chi connectivity index (χ1) is 14.0. The van der Waals surface area contributed by atoms with Gasteiger partial charge in [-0.15, -0.1) is 0 Å². The molecule has 9 nitrogen and oxygen atoms in total. The van der Waals surface area contributed by atoms with Crippen LogP contribution < -0.4 is 14.4 Å². The van der Waals surface area contributed by atoms with Crippen LogP contribution in [0.3, 0.4) is 0 Å². The molecule has 2 aromatic rings. The molecule has 0 saturated carbocycles. The number of benzene rings is 2. The highest BCUT2D eigenvalue weighted by molar-refractivity contribution is 7.92. The Labute approximate surface area is 175 Å². The Balaban J connectivity index is 2.57. The molecule has 10 heteroatoms. The maximum atomic E-state index is 13.1. The zero-order chi connectivity index (χ0) is 22.6. The first-order valence-electron chi connectivity index (χ1n) is 9.20. The summed E-state index contributed by atoms with van der Waals surface area (Å²) >= 11 is 0. The number of methoxy groups -OCH3 is 1. The lowest BCUT2D eigenvalue weighted by atomic mass is 10.1. The van der Waals surface area contributed by atoms with Crippen LogP contribution in [0.25, 0.3) is 0 Å². The van der Waals surface area contributed by atoms with Gasteiger partial charge in [-0.3, -0.25) is 19.2 Å². The van der Waals surface area contributed by atoms with Crippen LogP contribution >= 0.6 is 0 Å². The number of nitro benzene ring substituents is 1. The van der Waals surface area contributed by atoms with E-state index in [1.54, 1.807) is 19.1 Å². The summed E-state index contributed by atoms with van der Waals surface area (Å²) in [7, 11) is -2.67. The second-order valence-corrected chi connectivity index (χ2v) is 8.69. The molecule has 0 aliphatic carbocycles. The molecule has 1 N–H and O–H groups in total. The molecule has 0 heterocycles. The van der Waals surface area contributed by atoms with E-state index in [-0.39, 0.29) is 23.5 Å². The molecule has 0 spiro atoms. The molecule has 1 atom stereocenters. The summed E-state index contributed by atoms with van der Waals surface area (Å²) in [6.45, 7) is 5.41. The van der Waals surface area contributed by atoms with Crippen molar-refractivity contribution in [1.29, 1.82) is 0 Å². The van der Waals surface area contributed by atoms with E-state index in [1.807, 2.05) is 19.9 Å². The number of carbonyl (C=O) groups is 1. The van der Waals surface area contributed by atoms with Gasteiger partial charge >= 0.3 is 0 Å². The Morgan fingerprint density at radius 2 is 1.93 bits per heavy atom. The van der Waals surface area contributed by atoms with Crippen LogP contribution in [-0.2, 0) is 14.8 Å². The van der Waals surface area contributed by atoms with E-state index in [9.17, 15) is 23.3 Å². The van der Waals surface area contributed by atoms with Crippen LogP contribution in [0.1, 0.15) is 24.5 Å². The predicted octanol–water partition coefficient (Wildman–Crippen LogP) is 3.40. The van der Waals surface area contributed by atoms with Crippen molar-refractivity contribution in [2.45, 2.75) is 33.2 Å². The van der Waals surface area contributed by atoms with E-state index in [4.69, 9.17) is 4.74 Å². The molecule has 2 aromatic carbocycles. The number of hydrogen-bond donors (Lipinski definition) is 1. The minimum Gasteiger partial charge on any atom is -0.495 e. The van der Waals surface area contributed by atoms with Gasteiger partial charge in [0.25, 0.3) is 5.69 Å². The Morgan fingerprint density at radius 3 is 2.47 bits per heavy atom. The summed E-state index contributed by atoms with van der Waals surface area (Å²) < 4.78 is 31.5. The first-order valence-corrected chi connectivity index (χ1v) is 11.0. The Hall–Kier alpha value is -3.14. The SMILES string of the molecule is CCC(C(=O)Nc1cccc(C)c1C)N(c1cc([N+](=O)[O-])ccc1OC)S(C)(=O)=O. The second kappa shape index (κ2) is 9.12. The monoisotopic (exact) mass is 435 g/mol. The molecule has 0 aliphatic heterocycles. The van der Waals surface area contributed by atoms with Crippen molar-refractivity contribution in [3.8, 4) is 5.75 Å². The lowest BCUT2D eigenvalue weighted by Crippen LogP contribution is -2.47. The van der Waals surface area contributed by atoms with Crippen LogP contribution in [0.5, 0.6) is 5.75 Å². The van der Waals surface area contributed by atoms with E-state index in [1.165, 1.54) is 19.2 Å². The summed E-state index contributed by atoms with van der Waals surface area (Å²) in [6.07, 6.45) is 1.08. The third-order valence-corrected chi connectivity index (χ3v) is 5.97. The van der Waals surface area contributed by atoms with Crippen LogP contribution in [0, 0.1) is 24.0 Å². The zero-order valence-electron chi connectivity index (χ0n) is 17.5. The number of amides is 1. The molecule has 2 rings (SSSR count). The maximum absolute atomic E-state index is 13.1. The molecule has 1 amide bonds. The number of nitrogens with one attached hydrogen (secondary N) is 1. The summed E-state index contributed by atoms with van der Waals surface area (Å²) in [5.41, 5.74) is 2.01. The highest BCUT2D eigenvalue weighted by Crippen LogP contribution is 2.36. The van der Waals surface area contributed by atoms with E-state index in [2.05, 4.69) is 5.32 Å². The zero-order valence-corrected chi connectivity index (χ0v) is 18.3. The maximum Gasteiger partial charge on any atom is 0.271 e. The van der Waals surface area contributed by atoms with Crippen LogP contribution in [0.4, 0.5) is 17.1 Å². The van der Waals surface area contributed by atoms with E-state index >= 15 is 0 Å². The molecule has 0 bridgehead atoms. The number of sulfonamides is 1. The fraction of sp³-hybridized carbons (Fsp3) is 0.350. The van der Waals surface area contributed by atoms with E-state index in [0.717, 1.165) is 27.8 Å². The first kappa shape index (κ1) is 23.1. The van der Waals surface area contributed by atoms with Crippen molar-refractivity contribution >= 4 is 33.0 Å².